The molecule has 4 nitrogen and oxygen atoms in total. The Morgan fingerprint density at radius 3 is 2.71 bits per heavy atom. The van der Waals surface area contributed by atoms with Crippen LogP contribution in [0.2, 0.25) is 0 Å². The summed E-state index contributed by atoms with van der Waals surface area (Å²) in [6.07, 6.45) is 4.73. The van der Waals surface area contributed by atoms with Gasteiger partial charge in [0.2, 0.25) is 0 Å². The van der Waals surface area contributed by atoms with Crippen molar-refractivity contribution in [2.45, 2.75) is 51.6 Å². The Hall–Kier alpha value is -1.07. The number of benzene rings is 1. The average molecular weight is 398 g/mol. The van der Waals surface area contributed by atoms with Gasteiger partial charge in [0.25, 0.3) is 5.91 Å². The summed E-state index contributed by atoms with van der Waals surface area (Å²) in [5.74, 6) is 1.30. The zero-order chi connectivity index (χ0) is 17.4. The molecule has 2 atom stereocenters. The number of amides is 1. The molecule has 1 aliphatic rings. The maximum Gasteiger partial charge on any atom is 0.256 e. The van der Waals surface area contributed by atoms with Gasteiger partial charge >= 0.3 is 0 Å². The molecular formula is C19H28BrNO3. The minimum absolute atomic E-state index is 0.0170. The number of anilines is 1. The van der Waals surface area contributed by atoms with Gasteiger partial charge in [-0.2, -0.15) is 0 Å². The average Bonchev–Trinajstić information content (AvgIpc) is 2.59. The van der Waals surface area contributed by atoms with Gasteiger partial charge in [0.15, 0.2) is 0 Å². The van der Waals surface area contributed by atoms with Gasteiger partial charge in [-0.3, -0.25) is 4.79 Å². The van der Waals surface area contributed by atoms with E-state index >= 15 is 0 Å². The summed E-state index contributed by atoms with van der Waals surface area (Å²) in [6, 6.07) is 7.51. The highest BCUT2D eigenvalue weighted by molar-refractivity contribution is 9.09. The third-order valence-corrected chi connectivity index (χ3v) is 4.73. The highest BCUT2D eigenvalue weighted by atomic mass is 79.9. The maximum absolute atomic E-state index is 12.9. The van der Waals surface area contributed by atoms with E-state index in [1.807, 2.05) is 24.3 Å². The third-order valence-electron chi connectivity index (χ3n) is 4.41. The molecule has 1 aliphatic carbocycles. The van der Waals surface area contributed by atoms with Crippen LogP contribution in [0.25, 0.3) is 0 Å². The molecule has 1 amide bonds. The number of carbonyl (C=O) groups is 1. The van der Waals surface area contributed by atoms with Gasteiger partial charge in [-0.1, -0.05) is 36.2 Å². The largest absolute Gasteiger partial charge is 0.493 e. The molecule has 2 rings (SSSR count). The Morgan fingerprint density at radius 1 is 1.33 bits per heavy atom. The number of nitrogens with one attached hydrogen (secondary N) is 1. The molecule has 134 valence electrons. The second-order valence-electron chi connectivity index (χ2n) is 6.56. The van der Waals surface area contributed by atoms with Crippen molar-refractivity contribution in [3.05, 3.63) is 24.3 Å². The zero-order valence-corrected chi connectivity index (χ0v) is 16.2. The number of hydrogen-bond acceptors (Lipinski definition) is 3. The molecule has 0 heterocycles. The van der Waals surface area contributed by atoms with Crippen LogP contribution in [0, 0.1) is 5.92 Å². The molecule has 0 unspecified atom stereocenters. The fourth-order valence-electron chi connectivity index (χ4n) is 3.24. The summed E-state index contributed by atoms with van der Waals surface area (Å²) in [4.78, 5) is 12.9. The Labute approximate surface area is 153 Å². The standard InChI is InChI=1S/C19H28BrNO3/c1-3-12-24-19(10-4-5-15(2)14-19)18(22)21-16-6-8-17(9-7-16)23-13-11-20/h6-9,15H,3-5,10-14H2,1-2H3,(H,21,22)/t15-,19-/m1/s1. The third kappa shape index (κ3) is 5.21. The van der Waals surface area contributed by atoms with Crippen molar-refractivity contribution in [1.29, 1.82) is 0 Å². The van der Waals surface area contributed by atoms with Gasteiger partial charge in [-0.15, -0.1) is 0 Å². The van der Waals surface area contributed by atoms with Crippen molar-refractivity contribution in [2.75, 3.05) is 23.9 Å². The smallest absolute Gasteiger partial charge is 0.256 e. The van der Waals surface area contributed by atoms with E-state index < -0.39 is 5.60 Å². The number of ether oxygens (including phenoxy) is 2. The van der Waals surface area contributed by atoms with Crippen LogP contribution >= 0.6 is 15.9 Å². The molecule has 0 saturated heterocycles. The molecular weight excluding hydrogens is 370 g/mol. The molecule has 1 fully saturated rings. The second kappa shape index (κ2) is 9.42. The minimum Gasteiger partial charge on any atom is -0.493 e. The molecule has 0 spiro atoms. The molecule has 24 heavy (non-hydrogen) atoms. The van der Waals surface area contributed by atoms with Crippen LogP contribution in [-0.4, -0.2) is 30.1 Å². The number of hydrogen-bond donors (Lipinski definition) is 1. The van der Waals surface area contributed by atoms with Crippen molar-refractivity contribution in [2.24, 2.45) is 5.92 Å². The summed E-state index contributed by atoms with van der Waals surface area (Å²) in [5.41, 5.74) is 0.0996. The second-order valence-corrected chi connectivity index (χ2v) is 7.35. The first kappa shape index (κ1) is 19.3. The Morgan fingerprint density at radius 2 is 2.08 bits per heavy atom. The highest BCUT2D eigenvalue weighted by Gasteiger charge is 2.42. The van der Waals surface area contributed by atoms with Gasteiger partial charge in [-0.05, 0) is 55.9 Å². The van der Waals surface area contributed by atoms with Crippen molar-refractivity contribution in [3.8, 4) is 5.75 Å². The van der Waals surface area contributed by atoms with E-state index in [1.165, 1.54) is 6.42 Å². The lowest BCUT2D eigenvalue weighted by atomic mass is 9.78. The van der Waals surface area contributed by atoms with E-state index in [9.17, 15) is 4.79 Å². The minimum atomic E-state index is -0.682. The molecule has 1 N–H and O–H groups in total. The lowest BCUT2D eigenvalue weighted by Gasteiger charge is -2.38. The first-order valence-electron chi connectivity index (χ1n) is 8.84. The van der Waals surface area contributed by atoms with Crippen LogP contribution in [0.15, 0.2) is 24.3 Å². The molecule has 1 aromatic carbocycles. The summed E-state index contributed by atoms with van der Waals surface area (Å²) in [5, 5.41) is 3.83. The Kier molecular flexibility index (Phi) is 7.56. The lowest BCUT2D eigenvalue weighted by Crippen LogP contribution is -2.48. The van der Waals surface area contributed by atoms with E-state index in [2.05, 4.69) is 35.1 Å². The SMILES string of the molecule is CCCO[C@]1(C(=O)Nc2ccc(OCCBr)cc2)CCC[C@@H](C)C1. The highest BCUT2D eigenvalue weighted by Crippen LogP contribution is 2.36. The Bertz CT molecular complexity index is 520. The van der Waals surface area contributed by atoms with Gasteiger partial charge in [-0.25, -0.2) is 0 Å². The summed E-state index contributed by atoms with van der Waals surface area (Å²) in [6.45, 7) is 5.52. The predicted molar refractivity (Wildman–Crippen MR) is 101 cm³/mol. The van der Waals surface area contributed by atoms with Crippen LogP contribution in [0.3, 0.4) is 0 Å². The van der Waals surface area contributed by atoms with Crippen molar-refractivity contribution in [3.63, 3.8) is 0 Å². The van der Waals surface area contributed by atoms with Crippen molar-refractivity contribution in [1.82, 2.24) is 0 Å². The fourth-order valence-corrected chi connectivity index (χ4v) is 3.40. The number of halogens is 1. The molecule has 0 bridgehead atoms. The fraction of sp³-hybridized carbons (Fsp3) is 0.632. The maximum atomic E-state index is 12.9. The molecule has 0 aromatic heterocycles. The quantitative estimate of drug-likeness (QED) is 0.642. The summed E-state index contributed by atoms with van der Waals surface area (Å²) >= 11 is 3.33. The lowest BCUT2D eigenvalue weighted by molar-refractivity contribution is -0.148. The number of rotatable bonds is 8. The van der Waals surface area contributed by atoms with E-state index in [0.29, 0.717) is 19.1 Å². The van der Waals surface area contributed by atoms with E-state index in [0.717, 1.165) is 42.5 Å². The van der Waals surface area contributed by atoms with Gasteiger partial charge < -0.3 is 14.8 Å². The van der Waals surface area contributed by atoms with Crippen LogP contribution in [0.5, 0.6) is 5.75 Å². The number of alkyl halides is 1. The van der Waals surface area contributed by atoms with E-state index in [4.69, 9.17) is 9.47 Å². The van der Waals surface area contributed by atoms with Gasteiger partial charge in [0.05, 0.1) is 6.61 Å². The molecule has 0 radical (unpaired) electrons. The first-order valence-corrected chi connectivity index (χ1v) is 9.96. The normalized spacial score (nSPS) is 23.7. The summed E-state index contributed by atoms with van der Waals surface area (Å²) in [7, 11) is 0. The van der Waals surface area contributed by atoms with Crippen LogP contribution in [-0.2, 0) is 9.53 Å². The molecule has 0 aliphatic heterocycles. The van der Waals surface area contributed by atoms with Crippen LogP contribution in [0.4, 0.5) is 5.69 Å². The van der Waals surface area contributed by atoms with Gasteiger partial charge in [0, 0.05) is 17.6 Å². The molecule has 1 saturated carbocycles. The molecule has 1 aromatic rings. The molecule has 5 heteroatoms. The van der Waals surface area contributed by atoms with Crippen molar-refractivity contribution >= 4 is 27.5 Å². The van der Waals surface area contributed by atoms with Gasteiger partial charge in [0.1, 0.15) is 11.4 Å². The topological polar surface area (TPSA) is 47.6 Å². The van der Waals surface area contributed by atoms with Crippen LogP contribution in [0.1, 0.15) is 46.0 Å². The predicted octanol–water partition coefficient (Wildman–Crippen LogP) is 4.77. The number of carbonyl (C=O) groups excluding carboxylic acids is 1. The van der Waals surface area contributed by atoms with Crippen LogP contribution < -0.4 is 10.1 Å². The van der Waals surface area contributed by atoms with E-state index in [-0.39, 0.29) is 5.91 Å². The zero-order valence-electron chi connectivity index (χ0n) is 14.6. The first-order chi connectivity index (χ1) is 11.6. The van der Waals surface area contributed by atoms with Crippen molar-refractivity contribution < 1.29 is 14.3 Å². The van der Waals surface area contributed by atoms with E-state index in [1.54, 1.807) is 0 Å². The monoisotopic (exact) mass is 397 g/mol. The Balaban J connectivity index is 2.04. The summed E-state index contributed by atoms with van der Waals surface area (Å²) < 4.78 is 11.6.